The smallest absolute Gasteiger partial charge is 0.252 e. The average molecular weight is 357 g/mol. The van der Waals surface area contributed by atoms with Crippen molar-refractivity contribution < 1.29 is 9.53 Å². The summed E-state index contributed by atoms with van der Waals surface area (Å²) in [4.78, 5) is 18.8. The zero-order valence-electron chi connectivity index (χ0n) is 14.2. The van der Waals surface area contributed by atoms with Gasteiger partial charge in [-0.1, -0.05) is 0 Å². The van der Waals surface area contributed by atoms with Crippen molar-refractivity contribution in [1.29, 1.82) is 0 Å². The van der Waals surface area contributed by atoms with Gasteiger partial charge in [0, 0.05) is 55.6 Å². The van der Waals surface area contributed by atoms with Gasteiger partial charge < -0.3 is 10.1 Å². The van der Waals surface area contributed by atoms with Crippen molar-refractivity contribution in [1.82, 2.24) is 15.2 Å². The highest BCUT2D eigenvalue weighted by molar-refractivity contribution is 7.08. The first kappa shape index (κ1) is 16.7. The monoisotopic (exact) mass is 357 g/mol. The lowest BCUT2D eigenvalue weighted by Gasteiger charge is -2.38. The first-order chi connectivity index (χ1) is 12.2. The Kier molecular flexibility index (Phi) is 4.83. The van der Waals surface area contributed by atoms with Gasteiger partial charge >= 0.3 is 0 Å². The third kappa shape index (κ3) is 3.92. The third-order valence-electron chi connectivity index (χ3n) is 5.16. The van der Waals surface area contributed by atoms with Crippen LogP contribution in [0.25, 0.3) is 0 Å². The number of nitrogens with zero attached hydrogens (tertiary/aromatic N) is 2. The maximum atomic E-state index is 12.3. The molecule has 2 aliphatic heterocycles. The number of carbonyl (C=O) groups excluding carboxylic acids is 1. The van der Waals surface area contributed by atoms with E-state index in [1.54, 1.807) is 11.3 Å². The van der Waals surface area contributed by atoms with Gasteiger partial charge in [-0.3, -0.25) is 14.7 Å². The topological polar surface area (TPSA) is 54.5 Å². The Morgan fingerprint density at radius 2 is 2.28 bits per heavy atom. The summed E-state index contributed by atoms with van der Waals surface area (Å²) in [7, 11) is 0. The van der Waals surface area contributed by atoms with Crippen molar-refractivity contribution in [2.75, 3.05) is 19.7 Å². The summed E-state index contributed by atoms with van der Waals surface area (Å²) in [6, 6.07) is 6.20. The van der Waals surface area contributed by atoms with E-state index in [0.717, 1.165) is 51.1 Å². The number of aromatic nitrogens is 1. The molecule has 2 atom stereocenters. The van der Waals surface area contributed by atoms with Crippen LogP contribution in [-0.4, -0.2) is 47.1 Å². The van der Waals surface area contributed by atoms with Crippen LogP contribution in [0.5, 0.6) is 0 Å². The van der Waals surface area contributed by atoms with E-state index >= 15 is 0 Å². The Morgan fingerprint density at radius 1 is 1.40 bits per heavy atom. The molecule has 1 spiro atoms. The Morgan fingerprint density at radius 3 is 3.08 bits per heavy atom. The van der Waals surface area contributed by atoms with E-state index in [2.05, 4.69) is 27.3 Å². The Balaban J connectivity index is 1.35. The molecule has 2 aliphatic rings. The molecule has 1 N–H and O–H groups in total. The van der Waals surface area contributed by atoms with Crippen LogP contribution in [-0.2, 0) is 11.3 Å². The number of hydrogen-bond acceptors (Lipinski definition) is 5. The van der Waals surface area contributed by atoms with Crippen LogP contribution in [0.1, 0.15) is 35.2 Å². The van der Waals surface area contributed by atoms with E-state index in [4.69, 9.17) is 4.74 Å². The fraction of sp³-hybridized carbons (Fsp3) is 0.474. The van der Waals surface area contributed by atoms with Crippen LogP contribution < -0.4 is 5.32 Å². The van der Waals surface area contributed by atoms with Crippen molar-refractivity contribution in [3.8, 4) is 0 Å². The highest BCUT2D eigenvalue weighted by atomic mass is 32.1. The molecule has 2 fully saturated rings. The lowest BCUT2D eigenvalue weighted by atomic mass is 9.89. The number of pyridine rings is 1. The fourth-order valence-corrected chi connectivity index (χ4v) is 4.54. The number of ether oxygens (including phenoxy) is 1. The molecule has 2 aromatic heterocycles. The molecule has 25 heavy (non-hydrogen) atoms. The molecular weight excluding hydrogens is 334 g/mol. The van der Waals surface area contributed by atoms with Crippen LogP contribution in [0, 0.1) is 0 Å². The van der Waals surface area contributed by atoms with E-state index in [9.17, 15) is 4.79 Å². The van der Waals surface area contributed by atoms with Crippen LogP contribution in [0.2, 0.25) is 0 Å². The number of rotatable bonds is 4. The van der Waals surface area contributed by atoms with Gasteiger partial charge in [-0.2, -0.15) is 11.3 Å². The maximum absolute atomic E-state index is 12.3. The summed E-state index contributed by atoms with van der Waals surface area (Å²) >= 11 is 1.55. The van der Waals surface area contributed by atoms with Crippen LogP contribution in [0.4, 0.5) is 0 Å². The van der Waals surface area contributed by atoms with E-state index in [1.807, 2.05) is 29.2 Å². The van der Waals surface area contributed by atoms with Gasteiger partial charge in [-0.25, -0.2) is 0 Å². The van der Waals surface area contributed by atoms with Crippen molar-refractivity contribution in [3.63, 3.8) is 0 Å². The minimum atomic E-state index is -0.113. The average Bonchev–Trinajstić information content (AvgIpc) is 3.27. The van der Waals surface area contributed by atoms with E-state index in [1.165, 1.54) is 5.56 Å². The lowest BCUT2D eigenvalue weighted by molar-refractivity contribution is -0.0793. The molecule has 2 aromatic rings. The van der Waals surface area contributed by atoms with Crippen molar-refractivity contribution in [2.24, 2.45) is 0 Å². The van der Waals surface area contributed by atoms with Gasteiger partial charge in [0.2, 0.25) is 0 Å². The predicted octanol–water partition coefficient (Wildman–Crippen LogP) is 2.70. The number of carbonyl (C=O) groups is 1. The normalized spacial score (nSPS) is 26.8. The summed E-state index contributed by atoms with van der Waals surface area (Å²) in [5.74, 6) is 0.0370. The Labute approximate surface area is 152 Å². The van der Waals surface area contributed by atoms with Gasteiger partial charge in [0.1, 0.15) is 0 Å². The molecule has 4 heterocycles. The second-order valence-electron chi connectivity index (χ2n) is 7.02. The molecule has 0 aliphatic carbocycles. The molecule has 132 valence electrons. The molecular formula is C19H23N3O2S. The molecule has 4 rings (SSSR count). The molecule has 2 saturated heterocycles. The quantitative estimate of drug-likeness (QED) is 0.914. The van der Waals surface area contributed by atoms with Gasteiger partial charge in [-0.15, -0.1) is 0 Å². The molecule has 0 radical (unpaired) electrons. The summed E-state index contributed by atoms with van der Waals surface area (Å²) in [5.41, 5.74) is 1.93. The Hall–Kier alpha value is -1.76. The largest absolute Gasteiger partial charge is 0.373 e. The Bertz CT molecular complexity index is 707. The zero-order chi connectivity index (χ0) is 17.1. The van der Waals surface area contributed by atoms with Crippen molar-refractivity contribution in [2.45, 2.75) is 37.5 Å². The molecule has 1 amide bonds. The second kappa shape index (κ2) is 7.23. The lowest BCUT2D eigenvalue weighted by Crippen LogP contribution is -2.49. The van der Waals surface area contributed by atoms with Crippen molar-refractivity contribution in [3.05, 3.63) is 52.5 Å². The molecule has 6 heteroatoms. The summed E-state index contributed by atoms with van der Waals surface area (Å²) in [6.45, 7) is 3.62. The first-order valence-corrected chi connectivity index (χ1v) is 9.75. The standard InChI is InChI=1S/C19H23N3O2S/c23-18(16-4-10-25-13-16)21-17-3-9-24-19(11-17)5-8-22(14-19)12-15-1-6-20-7-2-15/h1-2,4,6-7,10,13,17H,3,5,8-9,11-12,14H2,(H,21,23)/t17-,19-/m0/s1. The minimum Gasteiger partial charge on any atom is -0.373 e. The first-order valence-electron chi connectivity index (χ1n) is 8.81. The number of amides is 1. The van der Waals surface area contributed by atoms with Crippen LogP contribution in [0.15, 0.2) is 41.4 Å². The van der Waals surface area contributed by atoms with Gasteiger partial charge in [0.15, 0.2) is 0 Å². The predicted molar refractivity (Wildman–Crippen MR) is 97.6 cm³/mol. The van der Waals surface area contributed by atoms with Crippen LogP contribution >= 0.6 is 11.3 Å². The zero-order valence-corrected chi connectivity index (χ0v) is 15.0. The van der Waals surface area contributed by atoms with E-state index in [0.29, 0.717) is 0 Å². The van der Waals surface area contributed by atoms with Gasteiger partial charge in [0.25, 0.3) is 5.91 Å². The van der Waals surface area contributed by atoms with Gasteiger partial charge in [0.05, 0.1) is 5.60 Å². The molecule has 5 nitrogen and oxygen atoms in total. The number of likely N-dealkylation sites (tertiary alicyclic amines) is 1. The van der Waals surface area contributed by atoms with Crippen LogP contribution in [0.3, 0.4) is 0 Å². The number of hydrogen-bond donors (Lipinski definition) is 1. The SMILES string of the molecule is O=C(N[C@H]1CCO[C@@]2(CCN(Cc3ccncc3)C2)C1)c1ccsc1. The summed E-state index contributed by atoms with van der Waals surface area (Å²) < 4.78 is 6.19. The summed E-state index contributed by atoms with van der Waals surface area (Å²) in [6.07, 6.45) is 6.50. The fourth-order valence-electron chi connectivity index (χ4n) is 3.91. The molecule has 0 unspecified atom stereocenters. The molecule has 0 aromatic carbocycles. The number of thiophene rings is 1. The number of nitrogens with one attached hydrogen (secondary N) is 1. The maximum Gasteiger partial charge on any atom is 0.252 e. The third-order valence-corrected chi connectivity index (χ3v) is 5.85. The van der Waals surface area contributed by atoms with Gasteiger partial charge in [-0.05, 0) is 48.4 Å². The highest BCUT2D eigenvalue weighted by Gasteiger charge is 2.43. The van der Waals surface area contributed by atoms with Crippen molar-refractivity contribution >= 4 is 17.2 Å². The molecule has 0 saturated carbocycles. The van der Waals surface area contributed by atoms with E-state index in [-0.39, 0.29) is 17.6 Å². The minimum absolute atomic E-state index is 0.0370. The second-order valence-corrected chi connectivity index (χ2v) is 7.80. The highest BCUT2D eigenvalue weighted by Crippen LogP contribution is 2.35. The van der Waals surface area contributed by atoms with E-state index < -0.39 is 0 Å². The summed E-state index contributed by atoms with van der Waals surface area (Å²) in [5, 5.41) is 7.04. The molecule has 0 bridgehead atoms.